The molecule has 0 aliphatic carbocycles. The van der Waals surface area contributed by atoms with Crippen LogP contribution in [0.1, 0.15) is 18.4 Å². The van der Waals surface area contributed by atoms with Crippen molar-refractivity contribution in [3.05, 3.63) is 29.8 Å². The molecular formula is C12H17F3N2O2S. The average Bonchev–Trinajstić information content (AvgIpc) is 2.34. The standard InChI is InChI=1S/C12H17F3N2O2S/c1-16-9-10-4-2-5-11(8-10)20(18,19)17-7-3-6-12(13,14)15/h2,4-5,8,16-17H,3,6-7,9H2,1H3. The third-order valence-electron chi connectivity index (χ3n) is 2.52. The number of nitrogens with one attached hydrogen (secondary N) is 2. The van der Waals surface area contributed by atoms with Crippen LogP contribution < -0.4 is 10.0 Å². The van der Waals surface area contributed by atoms with E-state index in [0.29, 0.717) is 6.54 Å². The first kappa shape index (κ1) is 16.9. The van der Waals surface area contributed by atoms with Gasteiger partial charge in [-0.1, -0.05) is 12.1 Å². The van der Waals surface area contributed by atoms with Gasteiger partial charge in [0.1, 0.15) is 0 Å². The van der Waals surface area contributed by atoms with Crippen molar-refractivity contribution in [2.75, 3.05) is 13.6 Å². The largest absolute Gasteiger partial charge is 0.389 e. The van der Waals surface area contributed by atoms with Crippen LogP contribution in [0.3, 0.4) is 0 Å². The Morgan fingerprint density at radius 3 is 2.55 bits per heavy atom. The van der Waals surface area contributed by atoms with E-state index in [2.05, 4.69) is 10.0 Å². The molecule has 4 nitrogen and oxygen atoms in total. The van der Waals surface area contributed by atoms with Gasteiger partial charge in [-0.15, -0.1) is 0 Å². The van der Waals surface area contributed by atoms with E-state index >= 15 is 0 Å². The first-order valence-corrected chi connectivity index (χ1v) is 7.53. The number of sulfonamides is 1. The van der Waals surface area contributed by atoms with Crippen LogP contribution in [0, 0.1) is 0 Å². The predicted octanol–water partition coefficient (Wildman–Crippen LogP) is 2.03. The maximum atomic E-state index is 12.0. The molecule has 2 N–H and O–H groups in total. The van der Waals surface area contributed by atoms with Gasteiger partial charge in [-0.05, 0) is 31.2 Å². The molecule has 8 heteroatoms. The molecule has 0 bridgehead atoms. The topological polar surface area (TPSA) is 58.2 Å². The fourth-order valence-electron chi connectivity index (χ4n) is 1.61. The summed E-state index contributed by atoms with van der Waals surface area (Å²) < 4.78 is 61.8. The minimum absolute atomic E-state index is 0.0530. The molecule has 0 aliphatic heterocycles. The van der Waals surface area contributed by atoms with E-state index in [0.717, 1.165) is 5.56 Å². The zero-order valence-electron chi connectivity index (χ0n) is 11.0. The zero-order valence-corrected chi connectivity index (χ0v) is 11.8. The van der Waals surface area contributed by atoms with Crippen LogP contribution in [0.5, 0.6) is 0 Å². The van der Waals surface area contributed by atoms with Crippen LogP contribution in [0.15, 0.2) is 29.2 Å². The Hall–Kier alpha value is -1.12. The van der Waals surface area contributed by atoms with Gasteiger partial charge in [0.15, 0.2) is 0 Å². The molecular weight excluding hydrogens is 293 g/mol. The van der Waals surface area contributed by atoms with E-state index in [1.807, 2.05) is 0 Å². The normalized spacial score (nSPS) is 12.6. The van der Waals surface area contributed by atoms with E-state index in [9.17, 15) is 21.6 Å². The summed E-state index contributed by atoms with van der Waals surface area (Å²) in [6, 6.07) is 6.25. The molecule has 0 heterocycles. The van der Waals surface area contributed by atoms with E-state index < -0.39 is 22.6 Å². The Kier molecular flexibility index (Phi) is 5.97. The summed E-state index contributed by atoms with van der Waals surface area (Å²) in [5.41, 5.74) is 0.783. The molecule has 1 aromatic rings. The lowest BCUT2D eigenvalue weighted by Gasteiger charge is -2.09. The Balaban J connectivity index is 2.62. The smallest absolute Gasteiger partial charge is 0.316 e. The number of hydrogen-bond donors (Lipinski definition) is 2. The summed E-state index contributed by atoms with van der Waals surface area (Å²) in [5.74, 6) is 0. The van der Waals surface area contributed by atoms with E-state index in [1.54, 1.807) is 19.2 Å². The molecule has 0 radical (unpaired) electrons. The van der Waals surface area contributed by atoms with Crippen LogP contribution in [-0.2, 0) is 16.6 Å². The van der Waals surface area contributed by atoms with Crippen molar-refractivity contribution >= 4 is 10.0 Å². The molecule has 0 fully saturated rings. The maximum absolute atomic E-state index is 12.0. The molecule has 1 rings (SSSR count). The molecule has 0 aromatic heterocycles. The second-order valence-corrected chi connectivity index (χ2v) is 6.06. The molecule has 114 valence electrons. The van der Waals surface area contributed by atoms with Crippen LogP contribution in [0.2, 0.25) is 0 Å². The quantitative estimate of drug-likeness (QED) is 0.758. The van der Waals surface area contributed by atoms with Crippen LogP contribution in [0.25, 0.3) is 0 Å². The van der Waals surface area contributed by atoms with Crippen LogP contribution in [-0.4, -0.2) is 28.2 Å². The van der Waals surface area contributed by atoms with Crippen LogP contribution in [0.4, 0.5) is 13.2 Å². The molecule has 0 amide bonds. The lowest BCUT2D eigenvalue weighted by Crippen LogP contribution is -2.26. The number of hydrogen-bond acceptors (Lipinski definition) is 3. The highest BCUT2D eigenvalue weighted by atomic mass is 32.2. The highest BCUT2D eigenvalue weighted by Crippen LogP contribution is 2.21. The van der Waals surface area contributed by atoms with Gasteiger partial charge in [-0.25, -0.2) is 13.1 Å². The fourth-order valence-corrected chi connectivity index (χ4v) is 2.75. The van der Waals surface area contributed by atoms with Gasteiger partial charge in [0.25, 0.3) is 0 Å². The minimum atomic E-state index is -4.27. The maximum Gasteiger partial charge on any atom is 0.389 e. The molecule has 0 unspecified atom stereocenters. The molecule has 0 spiro atoms. The third-order valence-corrected chi connectivity index (χ3v) is 3.98. The van der Waals surface area contributed by atoms with Crippen molar-refractivity contribution in [2.45, 2.75) is 30.5 Å². The number of halogens is 3. The summed E-state index contributed by atoms with van der Waals surface area (Å²) in [6.07, 6.45) is -5.55. The van der Waals surface area contributed by atoms with Crippen molar-refractivity contribution in [2.24, 2.45) is 0 Å². The number of rotatable bonds is 7. The first-order valence-electron chi connectivity index (χ1n) is 6.04. The number of benzene rings is 1. The highest BCUT2D eigenvalue weighted by molar-refractivity contribution is 7.89. The summed E-state index contributed by atoms with van der Waals surface area (Å²) in [6.45, 7) is 0.273. The van der Waals surface area contributed by atoms with Gasteiger partial charge in [-0.2, -0.15) is 13.2 Å². The average molecular weight is 310 g/mol. The van der Waals surface area contributed by atoms with Crippen molar-refractivity contribution in [3.63, 3.8) is 0 Å². The van der Waals surface area contributed by atoms with Crippen molar-refractivity contribution in [1.82, 2.24) is 10.0 Å². The second-order valence-electron chi connectivity index (χ2n) is 4.29. The highest BCUT2D eigenvalue weighted by Gasteiger charge is 2.26. The van der Waals surface area contributed by atoms with Gasteiger partial charge in [-0.3, -0.25) is 0 Å². The van der Waals surface area contributed by atoms with Crippen LogP contribution >= 0.6 is 0 Å². The molecule has 0 saturated carbocycles. The monoisotopic (exact) mass is 310 g/mol. The fraction of sp³-hybridized carbons (Fsp3) is 0.500. The van der Waals surface area contributed by atoms with Gasteiger partial charge >= 0.3 is 6.18 Å². The summed E-state index contributed by atoms with van der Waals surface area (Å²) in [7, 11) is -2.03. The second kappa shape index (κ2) is 7.05. The van der Waals surface area contributed by atoms with Gasteiger partial charge in [0.2, 0.25) is 10.0 Å². The van der Waals surface area contributed by atoms with E-state index in [4.69, 9.17) is 0 Å². The lowest BCUT2D eigenvalue weighted by atomic mass is 10.2. The summed E-state index contributed by atoms with van der Waals surface area (Å²) in [5, 5.41) is 2.89. The Morgan fingerprint density at radius 2 is 1.95 bits per heavy atom. The predicted molar refractivity (Wildman–Crippen MR) is 69.7 cm³/mol. The summed E-state index contributed by atoms with van der Waals surface area (Å²) >= 11 is 0. The SMILES string of the molecule is CNCc1cccc(S(=O)(=O)NCCCC(F)(F)F)c1. The molecule has 0 saturated heterocycles. The lowest BCUT2D eigenvalue weighted by molar-refractivity contribution is -0.135. The third kappa shape index (κ3) is 5.89. The minimum Gasteiger partial charge on any atom is -0.316 e. The van der Waals surface area contributed by atoms with Crippen molar-refractivity contribution in [1.29, 1.82) is 0 Å². The first-order chi connectivity index (χ1) is 9.24. The molecule has 1 aromatic carbocycles. The Bertz CT molecular complexity index is 530. The molecule has 0 aliphatic rings. The van der Waals surface area contributed by atoms with Crippen molar-refractivity contribution in [3.8, 4) is 0 Å². The van der Waals surface area contributed by atoms with Crippen molar-refractivity contribution < 1.29 is 21.6 Å². The molecule has 20 heavy (non-hydrogen) atoms. The number of alkyl halides is 3. The molecule has 0 atom stereocenters. The van der Waals surface area contributed by atoms with E-state index in [-0.39, 0.29) is 17.9 Å². The van der Waals surface area contributed by atoms with Gasteiger partial charge in [0, 0.05) is 19.5 Å². The van der Waals surface area contributed by atoms with E-state index in [1.165, 1.54) is 12.1 Å². The zero-order chi connectivity index (χ0) is 15.2. The summed E-state index contributed by atoms with van der Waals surface area (Å²) in [4.78, 5) is 0.0530. The van der Waals surface area contributed by atoms with Gasteiger partial charge in [0.05, 0.1) is 4.90 Å². The Morgan fingerprint density at radius 1 is 1.25 bits per heavy atom. The van der Waals surface area contributed by atoms with Gasteiger partial charge < -0.3 is 5.32 Å². The Labute approximate surface area is 116 Å².